The van der Waals surface area contributed by atoms with Gasteiger partial charge >= 0.3 is 0 Å². The molecule has 0 fully saturated rings. The average Bonchev–Trinajstić information content (AvgIpc) is 2.64. The fraction of sp³-hybridized carbons (Fsp3) is 0.0909. The van der Waals surface area contributed by atoms with Gasteiger partial charge in [0.05, 0.1) is 11.4 Å². The van der Waals surface area contributed by atoms with Crippen molar-refractivity contribution in [3.05, 3.63) is 95.8 Å². The molecule has 0 bridgehead atoms. The molecule has 0 saturated carbocycles. The molecule has 0 saturated heterocycles. The SMILES string of the molecule is C=Cc1ccnc(-c2cc(C=CCc3ccc(C)cc3)ccn2)c1. The van der Waals surface area contributed by atoms with Gasteiger partial charge in [-0.1, -0.05) is 54.6 Å². The van der Waals surface area contributed by atoms with Crippen LogP contribution in [-0.2, 0) is 6.42 Å². The van der Waals surface area contributed by atoms with Gasteiger partial charge in [0.2, 0.25) is 0 Å². The van der Waals surface area contributed by atoms with Crippen molar-refractivity contribution >= 4 is 12.2 Å². The second-order valence-electron chi connectivity index (χ2n) is 5.75. The summed E-state index contributed by atoms with van der Waals surface area (Å²) in [6.07, 6.45) is 10.6. The number of nitrogens with zero attached hydrogens (tertiary/aromatic N) is 2. The quantitative estimate of drug-likeness (QED) is 0.634. The van der Waals surface area contributed by atoms with Crippen LogP contribution in [0.15, 0.2) is 73.6 Å². The molecular formula is C22H20N2. The van der Waals surface area contributed by atoms with E-state index < -0.39 is 0 Å². The van der Waals surface area contributed by atoms with Crippen LogP contribution in [0.5, 0.6) is 0 Å². The molecule has 0 N–H and O–H groups in total. The zero-order valence-corrected chi connectivity index (χ0v) is 13.8. The van der Waals surface area contributed by atoms with E-state index >= 15 is 0 Å². The van der Waals surface area contributed by atoms with E-state index in [4.69, 9.17) is 0 Å². The number of hydrogen-bond donors (Lipinski definition) is 0. The number of aryl methyl sites for hydroxylation is 1. The van der Waals surface area contributed by atoms with Crippen molar-refractivity contribution in [3.63, 3.8) is 0 Å². The van der Waals surface area contributed by atoms with Crippen molar-refractivity contribution in [2.75, 3.05) is 0 Å². The van der Waals surface area contributed by atoms with Gasteiger partial charge in [-0.2, -0.15) is 0 Å². The number of rotatable bonds is 5. The van der Waals surface area contributed by atoms with Gasteiger partial charge in [-0.15, -0.1) is 0 Å². The number of benzene rings is 1. The Morgan fingerprint density at radius 1 is 0.875 bits per heavy atom. The van der Waals surface area contributed by atoms with E-state index in [2.05, 4.69) is 66.0 Å². The molecule has 0 spiro atoms. The lowest BCUT2D eigenvalue weighted by Gasteiger charge is -2.03. The maximum Gasteiger partial charge on any atom is 0.0892 e. The Labute approximate surface area is 143 Å². The first-order chi connectivity index (χ1) is 11.7. The first kappa shape index (κ1) is 15.9. The third-order valence-corrected chi connectivity index (χ3v) is 3.85. The van der Waals surface area contributed by atoms with Crippen LogP contribution in [0.4, 0.5) is 0 Å². The summed E-state index contributed by atoms with van der Waals surface area (Å²) in [4.78, 5) is 8.83. The Morgan fingerprint density at radius 3 is 2.17 bits per heavy atom. The molecule has 2 heteroatoms. The van der Waals surface area contributed by atoms with Crippen LogP contribution >= 0.6 is 0 Å². The monoisotopic (exact) mass is 312 g/mol. The molecule has 3 aromatic rings. The molecule has 0 aliphatic carbocycles. The molecule has 0 aliphatic heterocycles. The van der Waals surface area contributed by atoms with Crippen LogP contribution in [0.25, 0.3) is 23.5 Å². The summed E-state index contributed by atoms with van der Waals surface area (Å²) in [6, 6.07) is 16.6. The summed E-state index contributed by atoms with van der Waals surface area (Å²) in [5.74, 6) is 0. The normalized spacial score (nSPS) is 10.9. The van der Waals surface area contributed by atoms with Gasteiger partial charge in [0.15, 0.2) is 0 Å². The smallest absolute Gasteiger partial charge is 0.0892 e. The topological polar surface area (TPSA) is 25.8 Å². The van der Waals surface area contributed by atoms with Crippen molar-refractivity contribution in [1.29, 1.82) is 0 Å². The van der Waals surface area contributed by atoms with Gasteiger partial charge in [0, 0.05) is 12.4 Å². The average molecular weight is 312 g/mol. The van der Waals surface area contributed by atoms with E-state index in [-0.39, 0.29) is 0 Å². The van der Waals surface area contributed by atoms with Gasteiger partial charge in [0.1, 0.15) is 0 Å². The number of aromatic nitrogens is 2. The van der Waals surface area contributed by atoms with Crippen LogP contribution in [0, 0.1) is 6.92 Å². The van der Waals surface area contributed by atoms with Gasteiger partial charge in [0.25, 0.3) is 0 Å². The van der Waals surface area contributed by atoms with Gasteiger partial charge < -0.3 is 0 Å². The third-order valence-electron chi connectivity index (χ3n) is 3.85. The Kier molecular flexibility index (Phi) is 4.97. The van der Waals surface area contributed by atoms with Crippen molar-refractivity contribution < 1.29 is 0 Å². The highest BCUT2D eigenvalue weighted by molar-refractivity contribution is 5.63. The predicted molar refractivity (Wildman–Crippen MR) is 101 cm³/mol. The molecule has 2 nitrogen and oxygen atoms in total. The Morgan fingerprint density at radius 2 is 1.50 bits per heavy atom. The molecule has 118 valence electrons. The van der Waals surface area contributed by atoms with Crippen molar-refractivity contribution in [3.8, 4) is 11.4 Å². The summed E-state index contributed by atoms with van der Waals surface area (Å²) in [5, 5.41) is 0. The maximum absolute atomic E-state index is 4.43. The van der Waals surface area contributed by atoms with E-state index in [0.29, 0.717) is 0 Å². The highest BCUT2D eigenvalue weighted by atomic mass is 14.8. The van der Waals surface area contributed by atoms with Crippen molar-refractivity contribution in [1.82, 2.24) is 9.97 Å². The minimum absolute atomic E-state index is 0.862. The first-order valence-electron chi connectivity index (χ1n) is 8.01. The summed E-state index contributed by atoms with van der Waals surface area (Å²) in [6.45, 7) is 5.90. The number of pyridine rings is 2. The molecular weight excluding hydrogens is 292 g/mol. The number of hydrogen-bond acceptors (Lipinski definition) is 2. The highest BCUT2D eigenvalue weighted by Crippen LogP contribution is 2.18. The Bertz CT molecular complexity index is 861. The predicted octanol–water partition coefficient (Wildman–Crippen LogP) is 5.35. The van der Waals surface area contributed by atoms with E-state index in [1.54, 1.807) is 6.20 Å². The lowest BCUT2D eigenvalue weighted by atomic mass is 10.1. The second-order valence-corrected chi connectivity index (χ2v) is 5.75. The van der Waals surface area contributed by atoms with E-state index in [9.17, 15) is 0 Å². The van der Waals surface area contributed by atoms with E-state index in [1.165, 1.54) is 11.1 Å². The lowest BCUT2D eigenvalue weighted by Crippen LogP contribution is -1.88. The Balaban J connectivity index is 1.76. The van der Waals surface area contributed by atoms with E-state index in [0.717, 1.165) is 28.9 Å². The molecule has 24 heavy (non-hydrogen) atoms. The van der Waals surface area contributed by atoms with Crippen LogP contribution < -0.4 is 0 Å². The molecule has 0 radical (unpaired) electrons. The number of allylic oxidation sites excluding steroid dienone is 1. The third kappa shape index (κ3) is 4.05. The standard InChI is InChI=1S/C22H20N2/c1-3-18-11-13-23-21(15-18)22-16-20(12-14-24-22)6-4-5-19-9-7-17(2)8-10-19/h3-4,6-16H,1,5H2,2H3. The molecule has 0 atom stereocenters. The molecule has 2 aromatic heterocycles. The fourth-order valence-electron chi connectivity index (χ4n) is 2.46. The highest BCUT2D eigenvalue weighted by Gasteiger charge is 2.01. The lowest BCUT2D eigenvalue weighted by molar-refractivity contribution is 1.24. The molecule has 2 heterocycles. The molecule has 0 aliphatic rings. The summed E-state index contributed by atoms with van der Waals surface area (Å²) in [5.41, 5.74) is 6.50. The second kappa shape index (κ2) is 7.51. The summed E-state index contributed by atoms with van der Waals surface area (Å²) in [7, 11) is 0. The molecule has 0 unspecified atom stereocenters. The van der Waals surface area contributed by atoms with Gasteiger partial charge in [-0.05, 0) is 54.3 Å². The zero-order valence-electron chi connectivity index (χ0n) is 13.8. The molecule has 1 aromatic carbocycles. The van der Waals surface area contributed by atoms with Crippen LogP contribution in [0.2, 0.25) is 0 Å². The summed E-state index contributed by atoms with van der Waals surface area (Å²) >= 11 is 0. The molecule has 3 rings (SSSR count). The summed E-state index contributed by atoms with van der Waals surface area (Å²) < 4.78 is 0. The van der Waals surface area contributed by atoms with Crippen LogP contribution in [0.3, 0.4) is 0 Å². The maximum atomic E-state index is 4.43. The molecule has 0 amide bonds. The van der Waals surface area contributed by atoms with Gasteiger partial charge in [-0.25, -0.2) is 0 Å². The first-order valence-corrected chi connectivity index (χ1v) is 8.01. The van der Waals surface area contributed by atoms with Gasteiger partial charge in [-0.3, -0.25) is 9.97 Å². The van der Waals surface area contributed by atoms with Crippen molar-refractivity contribution in [2.24, 2.45) is 0 Å². The van der Waals surface area contributed by atoms with Crippen LogP contribution in [0.1, 0.15) is 22.3 Å². The fourth-order valence-corrected chi connectivity index (χ4v) is 2.46. The zero-order chi connectivity index (χ0) is 16.8. The Hall–Kier alpha value is -3.00. The van der Waals surface area contributed by atoms with Crippen LogP contribution in [-0.4, -0.2) is 9.97 Å². The minimum atomic E-state index is 0.862. The minimum Gasteiger partial charge on any atom is -0.255 e. The van der Waals surface area contributed by atoms with E-state index in [1.807, 2.05) is 30.5 Å². The largest absolute Gasteiger partial charge is 0.255 e. The van der Waals surface area contributed by atoms with Crippen molar-refractivity contribution in [2.45, 2.75) is 13.3 Å².